The lowest BCUT2D eigenvalue weighted by molar-refractivity contribution is -0.116. The summed E-state index contributed by atoms with van der Waals surface area (Å²) in [6, 6.07) is 6.63. The Morgan fingerprint density at radius 2 is 1.93 bits per heavy atom. The van der Waals surface area contributed by atoms with Gasteiger partial charge in [-0.15, -0.1) is 0 Å². The number of carbonyl (C=O) groups excluding carboxylic acids is 1. The van der Waals surface area contributed by atoms with Crippen LogP contribution in [0.15, 0.2) is 47.6 Å². The molecule has 30 heavy (non-hydrogen) atoms. The molecular formula is C20H24FN5O3S. The van der Waals surface area contributed by atoms with Crippen molar-refractivity contribution >= 4 is 32.7 Å². The average Bonchev–Trinajstić information content (AvgIpc) is 3.11. The van der Waals surface area contributed by atoms with Gasteiger partial charge in [-0.1, -0.05) is 0 Å². The van der Waals surface area contributed by atoms with Crippen molar-refractivity contribution in [2.75, 3.05) is 18.9 Å². The molecule has 0 saturated heterocycles. The minimum absolute atomic E-state index is 0.0113. The molecule has 0 saturated carbocycles. The maximum Gasteiger partial charge on any atom is 0.242 e. The largest absolute Gasteiger partial charge is 0.325 e. The molecule has 3 aromatic rings. The number of amides is 1. The number of hydrogen-bond donors (Lipinski definition) is 1. The Morgan fingerprint density at radius 1 is 1.23 bits per heavy atom. The smallest absolute Gasteiger partial charge is 0.242 e. The Bertz CT molecular complexity index is 1140. The van der Waals surface area contributed by atoms with E-state index >= 15 is 0 Å². The maximum atomic E-state index is 13.0. The fraction of sp³-hybridized carbons (Fsp3) is 0.350. The first-order valence-corrected chi connectivity index (χ1v) is 11.0. The number of hydrogen-bond acceptors (Lipinski definition) is 5. The highest BCUT2D eigenvalue weighted by Gasteiger charge is 2.20. The number of halogens is 1. The van der Waals surface area contributed by atoms with Crippen LogP contribution in [0.5, 0.6) is 0 Å². The Kier molecular flexibility index (Phi) is 6.47. The van der Waals surface area contributed by atoms with Crippen LogP contribution < -0.4 is 5.32 Å². The number of pyridine rings is 1. The Balaban J connectivity index is 1.54. The molecule has 10 heteroatoms. The van der Waals surface area contributed by atoms with Gasteiger partial charge >= 0.3 is 0 Å². The van der Waals surface area contributed by atoms with Gasteiger partial charge in [-0.05, 0) is 50.6 Å². The number of nitrogens with zero attached hydrogens (tertiary/aromatic N) is 4. The second-order valence-corrected chi connectivity index (χ2v) is 9.30. The van der Waals surface area contributed by atoms with Gasteiger partial charge in [0.05, 0.1) is 23.0 Å². The lowest BCUT2D eigenvalue weighted by atomic mass is 10.2. The summed E-state index contributed by atoms with van der Waals surface area (Å²) < 4.78 is 40.9. The van der Waals surface area contributed by atoms with Gasteiger partial charge in [0.25, 0.3) is 0 Å². The molecule has 0 spiro atoms. The molecule has 0 bridgehead atoms. The van der Waals surface area contributed by atoms with Crippen molar-refractivity contribution in [3.05, 3.63) is 48.5 Å². The van der Waals surface area contributed by atoms with E-state index in [-0.39, 0.29) is 29.8 Å². The predicted molar refractivity (Wildman–Crippen MR) is 112 cm³/mol. The number of carbonyl (C=O) groups is 1. The highest BCUT2D eigenvalue weighted by molar-refractivity contribution is 7.89. The van der Waals surface area contributed by atoms with Gasteiger partial charge in [0.2, 0.25) is 15.9 Å². The van der Waals surface area contributed by atoms with E-state index in [2.05, 4.69) is 15.4 Å². The SMILES string of the molecule is CC(C)n1ncc2cc(NC(=O)CCCN(C)S(=O)(=O)c3ccc(F)cc3)cnc21. The number of anilines is 1. The molecule has 8 nitrogen and oxygen atoms in total. The summed E-state index contributed by atoms with van der Waals surface area (Å²) >= 11 is 0. The number of nitrogens with one attached hydrogen (secondary N) is 1. The molecule has 1 N–H and O–H groups in total. The Labute approximate surface area is 174 Å². The first kappa shape index (κ1) is 21.8. The van der Waals surface area contributed by atoms with E-state index in [0.717, 1.165) is 27.5 Å². The standard InChI is InChI=1S/C20H24FN5O3S/c1-14(2)26-20-15(12-23-26)11-17(13-22-20)24-19(27)5-4-10-25(3)30(28,29)18-8-6-16(21)7-9-18/h6-9,11-14H,4-5,10H2,1-3H3,(H,24,27). The number of benzene rings is 1. The molecule has 0 unspecified atom stereocenters. The van der Waals surface area contributed by atoms with Crippen molar-refractivity contribution < 1.29 is 17.6 Å². The van der Waals surface area contributed by atoms with Crippen LogP contribution in [0.3, 0.4) is 0 Å². The highest BCUT2D eigenvalue weighted by atomic mass is 32.2. The first-order chi connectivity index (χ1) is 14.2. The summed E-state index contributed by atoms with van der Waals surface area (Å²) in [7, 11) is -2.29. The highest BCUT2D eigenvalue weighted by Crippen LogP contribution is 2.19. The second kappa shape index (κ2) is 8.88. The molecule has 0 radical (unpaired) electrons. The van der Waals surface area contributed by atoms with Crippen LogP contribution in [0.25, 0.3) is 11.0 Å². The number of sulfonamides is 1. The topological polar surface area (TPSA) is 97.2 Å². The predicted octanol–water partition coefficient (Wildman–Crippen LogP) is 3.19. The summed E-state index contributed by atoms with van der Waals surface area (Å²) in [5, 5.41) is 7.90. The number of fused-ring (bicyclic) bond motifs is 1. The van der Waals surface area contributed by atoms with E-state index < -0.39 is 15.8 Å². The summed E-state index contributed by atoms with van der Waals surface area (Å²) in [6.07, 6.45) is 3.76. The molecule has 0 fully saturated rings. The molecule has 2 heterocycles. The van der Waals surface area contributed by atoms with Crippen molar-refractivity contribution in [1.82, 2.24) is 19.1 Å². The third-order valence-electron chi connectivity index (χ3n) is 4.60. The number of aromatic nitrogens is 3. The average molecular weight is 434 g/mol. The molecular weight excluding hydrogens is 409 g/mol. The zero-order valence-electron chi connectivity index (χ0n) is 17.0. The first-order valence-electron chi connectivity index (χ1n) is 9.53. The van der Waals surface area contributed by atoms with Crippen LogP contribution in [0.2, 0.25) is 0 Å². The lowest BCUT2D eigenvalue weighted by Gasteiger charge is -2.17. The molecule has 160 valence electrons. The van der Waals surface area contributed by atoms with Gasteiger partial charge in [0.15, 0.2) is 5.65 Å². The molecule has 3 rings (SSSR count). The van der Waals surface area contributed by atoms with Gasteiger partial charge in [0, 0.05) is 31.4 Å². The van der Waals surface area contributed by atoms with E-state index in [4.69, 9.17) is 0 Å². The minimum Gasteiger partial charge on any atom is -0.325 e. The molecule has 0 aliphatic carbocycles. The van der Waals surface area contributed by atoms with E-state index in [9.17, 15) is 17.6 Å². The van der Waals surface area contributed by atoms with E-state index in [1.54, 1.807) is 23.1 Å². The third-order valence-corrected chi connectivity index (χ3v) is 6.48. The van der Waals surface area contributed by atoms with Gasteiger partial charge < -0.3 is 5.32 Å². The fourth-order valence-corrected chi connectivity index (χ4v) is 4.19. The summed E-state index contributed by atoms with van der Waals surface area (Å²) in [5.41, 5.74) is 1.30. The van der Waals surface area contributed by atoms with Gasteiger partial charge in [0.1, 0.15) is 5.82 Å². The molecule has 0 aliphatic heterocycles. The fourth-order valence-electron chi connectivity index (χ4n) is 2.98. The third kappa shape index (κ3) is 4.82. The maximum absolute atomic E-state index is 13.0. The summed E-state index contributed by atoms with van der Waals surface area (Å²) in [5.74, 6) is -0.738. The summed E-state index contributed by atoms with van der Waals surface area (Å²) in [4.78, 5) is 16.6. The van der Waals surface area contributed by atoms with E-state index in [0.29, 0.717) is 12.1 Å². The molecule has 2 aromatic heterocycles. The zero-order chi connectivity index (χ0) is 21.9. The lowest BCUT2D eigenvalue weighted by Crippen LogP contribution is -2.28. The van der Waals surface area contributed by atoms with Crippen molar-refractivity contribution in [3.8, 4) is 0 Å². The minimum atomic E-state index is -3.73. The van der Waals surface area contributed by atoms with Crippen molar-refractivity contribution in [1.29, 1.82) is 0 Å². The van der Waals surface area contributed by atoms with Gasteiger partial charge in [-0.2, -0.15) is 5.10 Å². The van der Waals surface area contributed by atoms with Crippen LogP contribution in [0.4, 0.5) is 10.1 Å². The van der Waals surface area contributed by atoms with Crippen LogP contribution >= 0.6 is 0 Å². The summed E-state index contributed by atoms with van der Waals surface area (Å²) in [6.45, 7) is 4.18. The van der Waals surface area contributed by atoms with Gasteiger partial charge in [-0.3, -0.25) is 4.79 Å². The Morgan fingerprint density at radius 3 is 2.60 bits per heavy atom. The van der Waals surface area contributed by atoms with Crippen molar-refractivity contribution in [2.24, 2.45) is 0 Å². The van der Waals surface area contributed by atoms with Gasteiger partial charge in [-0.25, -0.2) is 26.8 Å². The van der Waals surface area contributed by atoms with Crippen LogP contribution in [-0.2, 0) is 14.8 Å². The second-order valence-electron chi connectivity index (χ2n) is 7.25. The van der Waals surface area contributed by atoms with Crippen LogP contribution in [0.1, 0.15) is 32.7 Å². The van der Waals surface area contributed by atoms with E-state index in [1.165, 1.54) is 19.2 Å². The number of rotatable bonds is 8. The molecule has 1 aromatic carbocycles. The zero-order valence-corrected chi connectivity index (χ0v) is 17.9. The van der Waals surface area contributed by atoms with E-state index in [1.807, 2.05) is 13.8 Å². The monoisotopic (exact) mass is 433 g/mol. The van der Waals surface area contributed by atoms with Crippen molar-refractivity contribution in [2.45, 2.75) is 37.6 Å². The normalized spacial score (nSPS) is 12.1. The molecule has 0 aliphatic rings. The molecule has 1 amide bonds. The van der Waals surface area contributed by atoms with Crippen LogP contribution in [-0.4, -0.2) is 47.0 Å². The van der Waals surface area contributed by atoms with Crippen LogP contribution in [0, 0.1) is 5.82 Å². The molecule has 0 atom stereocenters. The Hall–Kier alpha value is -2.85. The quantitative estimate of drug-likeness (QED) is 0.588. The van der Waals surface area contributed by atoms with Crippen molar-refractivity contribution in [3.63, 3.8) is 0 Å².